The second kappa shape index (κ2) is 21.2. The highest BCUT2D eigenvalue weighted by atomic mass is 16.5. The van der Waals surface area contributed by atoms with Crippen molar-refractivity contribution in [2.45, 2.75) is 134 Å². The Bertz CT molecular complexity index is 1660. The summed E-state index contributed by atoms with van der Waals surface area (Å²) in [6.45, 7) is 9.29. The molecule has 322 valence electrons. The lowest BCUT2D eigenvalue weighted by Crippen LogP contribution is -2.61. The van der Waals surface area contributed by atoms with Crippen molar-refractivity contribution in [2.24, 2.45) is 29.1 Å². The Labute approximate surface area is 348 Å². The van der Waals surface area contributed by atoms with Crippen LogP contribution in [0.2, 0.25) is 0 Å². The summed E-state index contributed by atoms with van der Waals surface area (Å²) in [6.07, 6.45) is 18.6. The van der Waals surface area contributed by atoms with E-state index in [2.05, 4.69) is 47.6 Å². The lowest BCUT2D eigenvalue weighted by atomic mass is 9.51. The SMILES string of the molecule is C=C(/C=C/C=C(/CO)[C@@H]1CC[C@]2([C@@H]1O)[C@@H](CCCO)/C(=C(/C)C=O)CC[C@]2(O)CCNC)[C@H]1C/C=C(\C)[C@@H](O)N[C@](CCOC)(C2CCCC2)Cc2cccc(c2)C1. The summed E-state index contributed by atoms with van der Waals surface area (Å²) in [4.78, 5) is 12.1. The molecule has 1 aliphatic heterocycles. The van der Waals surface area contributed by atoms with Gasteiger partial charge in [0.05, 0.1) is 18.3 Å². The first-order valence-electron chi connectivity index (χ1n) is 22.1. The van der Waals surface area contributed by atoms with Gasteiger partial charge in [0.2, 0.25) is 0 Å². The van der Waals surface area contributed by atoms with Crippen LogP contribution in [0.4, 0.5) is 0 Å². The summed E-state index contributed by atoms with van der Waals surface area (Å²) in [5.74, 6) is -0.135. The maximum Gasteiger partial charge on any atom is 0.145 e. The number of hydrogen-bond acceptors (Lipinski definition) is 9. The second-order valence-corrected chi connectivity index (χ2v) is 18.1. The third kappa shape index (κ3) is 10.1. The molecule has 9 heteroatoms. The van der Waals surface area contributed by atoms with E-state index < -0.39 is 23.3 Å². The summed E-state index contributed by atoms with van der Waals surface area (Å²) in [7, 11) is 3.61. The van der Waals surface area contributed by atoms with Gasteiger partial charge in [-0.15, -0.1) is 0 Å². The van der Waals surface area contributed by atoms with Gasteiger partial charge < -0.3 is 35.6 Å². The molecule has 0 unspecified atom stereocenters. The minimum atomic E-state index is -1.19. The molecule has 9 nitrogen and oxygen atoms in total. The Balaban J connectivity index is 1.41. The number of nitrogens with one attached hydrogen (secondary N) is 2. The number of hydrogen-bond donors (Lipinski definition) is 7. The number of aldehydes is 1. The molecule has 3 fully saturated rings. The topological polar surface area (TPSA) is 152 Å². The van der Waals surface area contributed by atoms with Crippen LogP contribution in [-0.4, -0.2) is 95.8 Å². The molecule has 3 aliphatic carbocycles. The second-order valence-electron chi connectivity index (χ2n) is 18.1. The van der Waals surface area contributed by atoms with E-state index in [1.165, 1.54) is 24.0 Å². The molecular formula is C49H74N2O7. The minimum absolute atomic E-state index is 0.0137. The van der Waals surface area contributed by atoms with Gasteiger partial charge in [-0.1, -0.05) is 79.1 Å². The quantitative estimate of drug-likeness (QED) is 0.0434. The van der Waals surface area contributed by atoms with Crippen molar-refractivity contribution in [3.05, 3.63) is 94.1 Å². The lowest BCUT2D eigenvalue weighted by Gasteiger charge is -2.57. The fraction of sp³-hybridized carbons (Fsp3) is 0.653. The van der Waals surface area contributed by atoms with Crippen LogP contribution >= 0.6 is 0 Å². The molecular weight excluding hydrogens is 729 g/mol. The molecule has 2 bridgehead atoms. The van der Waals surface area contributed by atoms with Crippen LogP contribution in [0.15, 0.2) is 83.0 Å². The van der Waals surface area contributed by atoms with Crippen LogP contribution in [-0.2, 0) is 22.4 Å². The van der Waals surface area contributed by atoms with Crippen molar-refractivity contribution in [1.29, 1.82) is 0 Å². The molecule has 1 aromatic carbocycles. The van der Waals surface area contributed by atoms with E-state index in [1.807, 2.05) is 39.1 Å². The molecule has 8 atom stereocenters. The lowest BCUT2D eigenvalue weighted by molar-refractivity contribution is -0.180. The van der Waals surface area contributed by atoms with Gasteiger partial charge in [-0.3, -0.25) is 10.1 Å². The van der Waals surface area contributed by atoms with Gasteiger partial charge >= 0.3 is 0 Å². The average Bonchev–Trinajstić information content (AvgIpc) is 3.89. The zero-order valence-electron chi connectivity index (χ0n) is 35.9. The van der Waals surface area contributed by atoms with Gasteiger partial charge in [0, 0.05) is 37.2 Å². The van der Waals surface area contributed by atoms with Gasteiger partial charge in [-0.25, -0.2) is 0 Å². The number of rotatable bonds is 16. The molecule has 0 aromatic heterocycles. The van der Waals surface area contributed by atoms with Crippen LogP contribution in [0.5, 0.6) is 0 Å². The molecule has 3 saturated carbocycles. The van der Waals surface area contributed by atoms with Crippen LogP contribution in [0.3, 0.4) is 0 Å². The largest absolute Gasteiger partial charge is 0.396 e. The number of aliphatic hydroxyl groups excluding tert-OH is 4. The molecule has 0 radical (unpaired) electrons. The molecule has 7 N–H and O–H groups in total. The normalized spacial score (nSPS) is 34.5. The Hall–Kier alpha value is -2.73. The van der Waals surface area contributed by atoms with Crippen LogP contribution in [0.1, 0.15) is 108 Å². The van der Waals surface area contributed by atoms with Gasteiger partial charge in [-0.2, -0.15) is 0 Å². The molecule has 58 heavy (non-hydrogen) atoms. The fourth-order valence-electron chi connectivity index (χ4n) is 11.6. The number of allylic oxidation sites excluding steroid dienone is 7. The number of carbonyl (C=O) groups excluding carboxylic acids is 1. The van der Waals surface area contributed by atoms with Gasteiger partial charge in [0.15, 0.2) is 0 Å². The molecule has 1 heterocycles. The van der Waals surface area contributed by atoms with Gasteiger partial charge in [-0.05, 0) is 157 Å². The van der Waals surface area contributed by atoms with E-state index in [4.69, 9.17) is 4.74 Å². The number of ether oxygens (including phenoxy) is 1. The van der Waals surface area contributed by atoms with E-state index in [0.29, 0.717) is 81.6 Å². The Kier molecular flexibility index (Phi) is 16.9. The van der Waals surface area contributed by atoms with Crippen molar-refractivity contribution >= 4 is 6.29 Å². The zero-order chi connectivity index (χ0) is 41.9. The third-order valence-corrected chi connectivity index (χ3v) is 14.9. The Morgan fingerprint density at radius 2 is 1.86 bits per heavy atom. The van der Waals surface area contributed by atoms with E-state index in [-0.39, 0.29) is 36.5 Å². The fourth-order valence-corrected chi connectivity index (χ4v) is 11.6. The smallest absolute Gasteiger partial charge is 0.145 e. The maximum atomic E-state index is 12.5. The summed E-state index contributed by atoms with van der Waals surface area (Å²) in [5.41, 5.74) is 4.24. The highest BCUT2D eigenvalue weighted by molar-refractivity contribution is 5.74. The highest BCUT2D eigenvalue weighted by Crippen LogP contribution is 2.64. The zero-order valence-corrected chi connectivity index (χ0v) is 35.9. The van der Waals surface area contributed by atoms with Gasteiger partial charge in [0.25, 0.3) is 0 Å². The van der Waals surface area contributed by atoms with Crippen LogP contribution in [0, 0.1) is 29.1 Å². The van der Waals surface area contributed by atoms with Crippen molar-refractivity contribution < 1.29 is 35.1 Å². The van der Waals surface area contributed by atoms with Crippen LogP contribution < -0.4 is 10.6 Å². The predicted octanol–water partition coefficient (Wildman–Crippen LogP) is 6.44. The number of aliphatic hydroxyl groups is 5. The van der Waals surface area contributed by atoms with Gasteiger partial charge in [0.1, 0.15) is 12.5 Å². The first-order valence-corrected chi connectivity index (χ1v) is 22.1. The number of methoxy groups -OCH3 is 1. The Morgan fingerprint density at radius 3 is 2.55 bits per heavy atom. The third-order valence-electron chi connectivity index (χ3n) is 14.9. The highest BCUT2D eigenvalue weighted by Gasteiger charge is 2.65. The maximum absolute atomic E-state index is 12.5. The van der Waals surface area contributed by atoms with Crippen molar-refractivity contribution in [1.82, 2.24) is 10.6 Å². The first kappa shape index (κ1) is 46.3. The molecule has 1 spiro atoms. The molecule has 5 rings (SSSR count). The van der Waals surface area contributed by atoms with E-state index in [0.717, 1.165) is 55.1 Å². The summed E-state index contributed by atoms with van der Waals surface area (Å²) in [5, 5.41) is 64.2. The molecule has 0 amide bonds. The van der Waals surface area contributed by atoms with Crippen molar-refractivity contribution in [3.63, 3.8) is 0 Å². The first-order chi connectivity index (χ1) is 27.9. The van der Waals surface area contributed by atoms with E-state index in [1.54, 1.807) is 7.11 Å². The Morgan fingerprint density at radius 1 is 1.10 bits per heavy atom. The number of benzene rings is 1. The summed E-state index contributed by atoms with van der Waals surface area (Å²) < 4.78 is 5.61. The molecule has 0 saturated heterocycles. The van der Waals surface area contributed by atoms with Crippen molar-refractivity contribution in [3.8, 4) is 0 Å². The minimum Gasteiger partial charge on any atom is -0.396 e. The molecule has 4 aliphatic rings. The number of fused-ring (bicyclic) bond motifs is 2. The number of carbonyl (C=O) groups is 1. The van der Waals surface area contributed by atoms with E-state index >= 15 is 0 Å². The predicted molar refractivity (Wildman–Crippen MR) is 232 cm³/mol. The average molecular weight is 803 g/mol. The summed E-state index contributed by atoms with van der Waals surface area (Å²) in [6, 6.07) is 8.87. The standard InChI is InChI=1S/C49H74N2O7/c1-34(39-19-18-35(2)46(56)51-47(25-28-58-5,41-15-6-7-16-41)31-38-13-9-12-37(29-38)30-39)11-8-14-40(33-54)43-21-23-49(45(43)55)44(17-10-27-52)42(36(3)32-53)20-22-48(49,57)24-26-50-4/h8-9,11-14,18,29,32,39,41,43-46,50-52,54-57H,1,6-7,10,15-17,19-28,30-31,33H2,2-5H3/b11-8+,35-18+,40-14-,42-36-/t39-,43-,44-,45+,46+,47-,48-,49+/m0/s1. The van der Waals surface area contributed by atoms with Crippen LogP contribution in [0.25, 0.3) is 0 Å². The van der Waals surface area contributed by atoms with Crippen molar-refractivity contribution in [2.75, 3.05) is 40.5 Å². The van der Waals surface area contributed by atoms with E-state index in [9.17, 15) is 30.3 Å². The summed E-state index contributed by atoms with van der Waals surface area (Å²) >= 11 is 0. The molecule has 1 aromatic rings. The monoisotopic (exact) mass is 803 g/mol.